The molecule has 10 atom stereocenters. The van der Waals surface area contributed by atoms with Crippen molar-refractivity contribution in [2.45, 2.75) is 61.4 Å². The highest BCUT2D eigenvalue weighted by Gasteiger charge is 2.48. The Kier molecular flexibility index (Phi) is 8.87. The summed E-state index contributed by atoms with van der Waals surface area (Å²) in [5, 5.41) is 111. The third-order valence-corrected chi connectivity index (χ3v) is 7.38. The molecule has 0 spiro atoms. The lowest BCUT2D eigenvalue weighted by atomic mass is 9.98. The van der Waals surface area contributed by atoms with Gasteiger partial charge in [-0.05, 0) is 18.2 Å². The van der Waals surface area contributed by atoms with Crippen LogP contribution >= 0.6 is 0 Å². The van der Waals surface area contributed by atoms with Crippen LogP contribution in [0.25, 0.3) is 22.3 Å². The van der Waals surface area contributed by atoms with E-state index in [0.29, 0.717) is 0 Å². The van der Waals surface area contributed by atoms with Gasteiger partial charge < -0.3 is 79.5 Å². The van der Waals surface area contributed by atoms with Crippen molar-refractivity contribution in [2.24, 2.45) is 0 Å². The predicted molar refractivity (Wildman–Crippen MR) is 142 cm³/mol. The van der Waals surface area contributed by atoms with E-state index in [9.17, 15) is 61.0 Å². The van der Waals surface area contributed by atoms with Crippen LogP contribution in [0.5, 0.6) is 28.7 Å². The van der Waals surface area contributed by atoms with Crippen LogP contribution in [0.3, 0.4) is 0 Å². The number of ether oxygens (including phenoxy) is 4. The highest BCUT2D eigenvalue weighted by molar-refractivity contribution is 5.89. The fourth-order valence-electron chi connectivity index (χ4n) is 4.85. The molecular formula is C27H30O17. The molecule has 1 aromatic heterocycles. The fraction of sp³-hybridized carbons (Fsp3) is 0.444. The van der Waals surface area contributed by atoms with E-state index in [2.05, 4.69) is 0 Å². The second kappa shape index (κ2) is 12.3. The van der Waals surface area contributed by atoms with Gasteiger partial charge in [0.05, 0.1) is 13.2 Å². The summed E-state index contributed by atoms with van der Waals surface area (Å²) in [6, 6.07) is 5.55. The van der Waals surface area contributed by atoms with Gasteiger partial charge in [0.1, 0.15) is 65.6 Å². The number of hydrogen-bond acceptors (Lipinski definition) is 17. The maximum Gasteiger partial charge on any atom is 0.229 e. The van der Waals surface area contributed by atoms with Crippen LogP contribution in [-0.2, 0) is 14.2 Å². The maximum atomic E-state index is 12.8. The molecule has 2 fully saturated rings. The number of rotatable bonds is 7. The number of phenolic OH excluding ortho intramolecular Hbond substituents is 4. The Balaban J connectivity index is 1.39. The summed E-state index contributed by atoms with van der Waals surface area (Å²) in [4.78, 5) is 12.8. The molecule has 17 heteroatoms. The molecule has 0 unspecified atom stereocenters. The van der Waals surface area contributed by atoms with E-state index in [1.165, 1.54) is 6.07 Å². The minimum atomic E-state index is -1.94. The Morgan fingerprint density at radius 1 is 0.705 bits per heavy atom. The van der Waals surface area contributed by atoms with E-state index in [-0.39, 0.29) is 16.9 Å². The van der Waals surface area contributed by atoms with Crippen molar-refractivity contribution >= 4 is 11.0 Å². The van der Waals surface area contributed by atoms with E-state index >= 15 is 0 Å². The van der Waals surface area contributed by atoms with Gasteiger partial charge in [0, 0.05) is 17.7 Å². The second-order valence-corrected chi connectivity index (χ2v) is 10.3. The summed E-state index contributed by atoms with van der Waals surface area (Å²) < 4.78 is 27.3. The van der Waals surface area contributed by atoms with E-state index in [4.69, 9.17) is 23.4 Å². The topological polar surface area (TPSA) is 290 Å². The zero-order valence-electron chi connectivity index (χ0n) is 22.4. The summed E-state index contributed by atoms with van der Waals surface area (Å²) in [5.41, 5.74) is -0.954. The molecule has 17 nitrogen and oxygen atoms in total. The Morgan fingerprint density at radius 3 is 2.00 bits per heavy atom. The SMILES string of the molecule is O=c1cc(-c2ccc(O)c(O)c2)oc2cc(O[C@@H]3O[C@H](CO[C@@H]4O[C@H](CO)[C@@H](O)[C@H](O)[C@H]4O)[C@@H](O)[C@H](O)[C@H]3O)c(O)c(O)c12. The van der Waals surface area contributed by atoms with Gasteiger partial charge in [-0.3, -0.25) is 4.79 Å². The standard InChI is InChI=1S/C27H30O17/c28-6-15-19(33)22(36)24(38)26(43-15)40-7-16-20(34)23(37)25(39)27(44-16)42-14-5-13-17(21(35)18(14)32)11(31)4-12(41-13)8-1-2-9(29)10(30)3-8/h1-5,15-16,19-20,22-30,32-39H,6-7H2/t15-,16-,19-,20-,22+,23+,24-,25-,26-,27-/m1/s1. The average Bonchev–Trinajstić information content (AvgIpc) is 2.99. The number of aliphatic hydroxyl groups is 7. The number of phenols is 4. The van der Waals surface area contributed by atoms with E-state index < -0.39 is 114 Å². The lowest BCUT2D eigenvalue weighted by Gasteiger charge is -2.42. The molecule has 2 aliphatic rings. The molecule has 3 heterocycles. The average molecular weight is 627 g/mol. The third-order valence-electron chi connectivity index (χ3n) is 7.38. The van der Waals surface area contributed by atoms with Crippen molar-refractivity contribution in [1.29, 1.82) is 0 Å². The summed E-state index contributed by atoms with van der Waals surface area (Å²) in [6.07, 6.45) is -17.1. The molecule has 0 aliphatic carbocycles. The molecule has 5 rings (SSSR count). The summed E-state index contributed by atoms with van der Waals surface area (Å²) >= 11 is 0. The number of hydrogen-bond donors (Lipinski definition) is 11. The van der Waals surface area contributed by atoms with Gasteiger partial charge in [-0.15, -0.1) is 0 Å². The van der Waals surface area contributed by atoms with Crippen LogP contribution in [0.2, 0.25) is 0 Å². The molecule has 44 heavy (non-hydrogen) atoms. The molecule has 2 saturated heterocycles. The second-order valence-electron chi connectivity index (χ2n) is 10.3. The van der Waals surface area contributed by atoms with Gasteiger partial charge in [0.2, 0.25) is 12.0 Å². The van der Waals surface area contributed by atoms with Crippen LogP contribution in [0, 0.1) is 0 Å². The minimum Gasteiger partial charge on any atom is -0.504 e. The summed E-state index contributed by atoms with van der Waals surface area (Å²) in [7, 11) is 0. The summed E-state index contributed by atoms with van der Waals surface area (Å²) in [5.74, 6) is -3.55. The number of fused-ring (bicyclic) bond motifs is 1. The number of benzene rings is 2. The first-order chi connectivity index (χ1) is 20.8. The first kappa shape index (κ1) is 31.7. The van der Waals surface area contributed by atoms with Gasteiger partial charge in [-0.1, -0.05) is 0 Å². The first-order valence-corrected chi connectivity index (χ1v) is 13.2. The van der Waals surface area contributed by atoms with Gasteiger partial charge in [-0.2, -0.15) is 0 Å². The van der Waals surface area contributed by atoms with Crippen molar-refractivity contribution < 1.29 is 79.5 Å². The Labute approximate surface area is 246 Å². The highest BCUT2D eigenvalue weighted by Crippen LogP contribution is 2.43. The minimum absolute atomic E-state index is 0.105. The molecule has 0 amide bonds. The maximum absolute atomic E-state index is 12.8. The van der Waals surface area contributed by atoms with Crippen molar-refractivity contribution in [3.05, 3.63) is 40.6 Å². The van der Waals surface area contributed by atoms with Crippen molar-refractivity contribution in [2.75, 3.05) is 13.2 Å². The van der Waals surface area contributed by atoms with Crippen LogP contribution < -0.4 is 10.2 Å². The third kappa shape index (κ3) is 5.73. The smallest absolute Gasteiger partial charge is 0.229 e. The van der Waals surface area contributed by atoms with Crippen LogP contribution in [0.4, 0.5) is 0 Å². The number of aromatic hydroxyl groups is 4. The van der Waals surface area contributed by atoms with Gasteiger partial charge in [0.15, 0.2) is 34.7 Å². The predicted octanol–water partition coefficient (Wildman–Crippen LogP) is -2.71. The van der Waals surface area contributed by atoms with Crippen LogP contribution in [0.15, 0.2) is 39.5 Å². The van der Waals surface area contributed by atoms with Gasteiger partial charge in [0.25, 0.3) is 0 Å². The van der Waals surface area contributed by atoms with Crippen molar-refractivity contribution in [3.8, 4) is 40.1 Å². The quantitative estimate of drug-likeness (QED) is 0.119. The molecule has 0 saturated carbocycles. The zero-order chi connectivity index (χ0) is 32.0. The molecule has 0 radical (unpaired) electrons. The molecule has 11 N–H and O–H groups in total. The largest absolute Gasteiger partial charge is 0.504 e. The van der Waals surface area contributed by atoms with E-state index in [1.807, 2.05) is 0 Å². The molecule has 240 valence electrons. The van der Waals surface area contributed by atoms with Gasteiger partial charge >= 0.3 is 0 Å². The molecule has 2 aromatic carbocycles. The number of aliphatic hydroxyl groups excluding tert-OH is 7. The van der Waals surface area contributed by atoms with Crippen molar-refractivity contribution in [3.63, 3.8) is 0 Å². The molecule has 3 aromatic rings. The normalized spacial score (nSPS) is 32.5. The monoisotopic (exact) mass is 626 g/mol. The Hall–Kier alpha value is -3.75. The van der Waals surface area contributed by atoms with Crippen LogP contribution in [-0.4, -0.2) is 131 Å². The highest BCUT2D eigenvalue weighted by atomic mass is 16.7. The van der Waals surface area contributed by atoms with Gasteiger partial charge in [-0.25, -0.2) is 0 Å². The molecular weight excluding hydrogens is 596 g/mol. The Bertz CT molecular complexity index is 1560. The summed E-state index contributed by atoms with van der Waals surface area (Å²) in [6.45, 7) is -1.38. The fourth-order valence-corrected chi connectivity index (χ4v) is 4.85. The Morgan fingerprint density at radius 2 is 1.34 bits per heavy atom. The van der Waals surface area contributed by atoms with Crippen LogP contribution in [0.1, 0.15) is 0 Å². The molecule has 2 aliphatic heterocycles. The zero-order valence-corrected chi connectivity index (χ0v) is 22.4. The lowest BCUT2D eigenvalue weighted by Crippen LogP contribution is -2.62. The van der Waals surface area contributed by atoms with Crippen molar-refractivity contribution in [1.82, 2.24) is 0 Å². The van der Waals surface area contributed by atoms with E-state index in [1.54, 1.807) is 0 Å². The molecule has 0 bridgehead atoms. The van der Waals surface area contributed by atoms with E-state index in [0.717, 1.165) is 24.3 Å². The first-order valence-electron chi connectivity index (χ1n) is 13.2. The lowest BCUT2D eigenvalue weighted by molar-refractivity contribution is -0.323.